The predicted octanol–water partition coefficient (Wildman–Crippen LogP) is 2.81. The van der Waals surface area contributed by atoms with Gasteiger partial charge >= 0.3 is 5.97 Å². The van der Waals surface area contributed by atoms with Crippen molar-refractivity contribution in [2.24, 2.45) is 0 Å². The highest BCUT2D eigenvalue weighted by atomic mass is 32.2. The first-order chi connectivity index (χ1) is 10.9. The Morgan fingerprint density at radius 2 is 1.87 bits per heavy atom. The highest BCUT2D eigenvalue weighted by Crippen LogP contribution is 2.27. The first-order valence-electron chi connectivity index (χ1n) is 7.05. The number of halogens is 1. The number of hydrogen-bond acceptors (Lipinski definition) is 3. The molecule has 1 aliphatic carbocycles. The van der Waals surface area contributed by atoms with Gasteiger partial charge in [0.25, 0.3) is 10.0 Å². The lowest BCUT2D eigenvalue weighted by atomic mass is 10.1. The van der Waals surface area contributed by atoms with Gasteiger partial charge in [-0.2, -0.15) is 0 Å². The van der Waals surface area contributed by atoms with Crippen LogP contribution in [0.4, 0.5) is 10.1 Å². The average Bonchev–Trinajstić information content (AvgIpc) is 2.93. The number of fused-ring (bicyclic) bond motifs is 1. The number of carboxylic acid groups (broad SMARTS) is 1. The first-order valence-corrected chi connectivity index (χ1v) is 8.53. The molecule has 0 fully saturated rings. The monoisotopic (exact) mass is 335 g/mol. The van der Waals surface area contributed by atoms with Crippen molar-refractivity contribution in [1.82, 2.24) is 0 Å². The molecule has 2 aromatic rings. The molecule has 0 unspecified atom stereocenters. The summed E-state index contributed by atoms with van der Waals surface area (Å²) in [6, 6.07) is 8.27. The van der Waals surface area contributed by atoms with E-state index in [1.807, 2.05) is 0 Å². The van der Waals surface area contributed by atoms with E-state index < -0.39 is 27.4 Å². The van der Waals surface area contributed by atoms with Crippen molar-refractivity contribution < 1.29 is 22.7 Å². The van der Waals surface area contributed by atoms with Crippen LogP contribution in [0.15, 0.2) is 41.3 Å². The van der Waals surface area contributed by atoms with Gasteiger partial charge in [-0.1, -0.05) is 12.1 Å². The molecular weight excluding hydrogens is 321 g/mol. The van der Waals surface area contributed by atoms with Crippen molar-refractivity contribution in [2.75, 3.05) is 4.72 Å². The molecule has 0 radical (unpaired) electrons. The number of carbonyl (C=O) groups is 1. The number of benzene rings is 2. The Labute approximate surface area is 132 Å². The third-order valence-electron chi connectivity index (χ3n) is 3.85. The SMILES string of the molecule is O=C(O)c1c(F)cccc1NS(=O)(=O)c1ccc2c(c1)CCC2. The van der Waals surface area contributed by atoms with Crippen LogP contribution in [0.2, 0.25) is 0 Å². The fourth-order valence-electron chi connectivity index (χ4n) is 2.75. The van der Waals surface area contributed by atoms with Crippen LogP contribution in [0.25, 0.3) is 0 Å². The van der Waals surface area contributed by atoms with Crippen LogP contribution in [0.5, 0.6) is 0 Å². The molecular formula is C16H14FNO4S. The van der Waals surface area contributed by atoms with E-state index in [1.54, 1.807) is 12.1 Å². The average molecular weight is 335 g/mol. The lowest BCUT2D eigenvalue weighted by molar-refractivity contribution is 0.0693. The fourth-order valence-corrected chi connectivity index (χ4v) is 3.87. The maximum absolute atomic E-state index is 13.6. The summed E-state index contributed by atoms with van der Waals surface area (Å²) in [4.78, 5) is 11.2. The molecule has 0 amide bonds. The largest absolute Gasteiger partial charge is 0.478 e. The zero-order chi connectivity index (χ0) is 16.6. The van der Waals surface area contributed by atoms with Gasteiger partial charge in [0.1, 0.15) is 11.4 Å². The third kappa shape index (κ3) is 2.92. The van der Waals surface area contributed by atoms with E-state index in [-0.39, 0.29) is 10.6 Å². The minimum absolute atomic E-state index is 0.0405. The summed E-state index contributed by atoms with van der Waals surface area (Å²) in [6.07, 6.45) is 2.73. The number of aryl methyl sites for hydroxylation is 2. The molecule has 120 valence electrons. The van der Waals surface area contributed by atoms with Gasteiger partial charge in [-0.25, -0.2) is 17.6 Å². The number of aromatic carboxylic acids is 1. The van der Waals surface area contributed by atoms with Gasteiger partial charge < -0.3 is 5.11 Å². The van der Waals surface area contributed by atoms with Crippen molar-refractivity contribution in [3.63, 3.8) is 0 Å². The molecule has 2 N–H and O–H groups in total. The highest BCUT2D eigenvalue weighted by molar-refractivity contribution is 7.92. The van der Waals surface area contributed by atoms with Gasteiger partial charge in [-0.3, -0.25) is 4.72 Å². The Bertz CT molecular complexity index is 893. The van der Waals surface area contributed by atoms with E-state index in [1.165, 1.54) is 18.2 Å². The Balaban J connectivity index is 1.99. The number of anilines is 1. The van der Waals surface area contributed by atoms with Crippen molar-refractivity contribution in [2.45, 2.75) is 24.2 Å². The Hall–Kier alpha value is -2.41. The summed E-state index contributed by atoms with van der Waals surface area (Å²) in [5.74, 6) is -2.53. The van der Waals surface area contributed by atoms with Gasteiger partial charge in [0.2, 0.25) is 0 Å². The standard InChI is InChI=1S/C16H14FNO4S/c17-13-5-2-6-14(15(13)16(19)20)18-23(21,22)12-8-7-10-3-1-4-11(10)9-12/h2,5-9,18H,1,3-4H2,(H,19,20). The number of sulfonamides is 1. The van der Waals surface area contributed by atoms with Crippen molar-refractivity contribution in [1.29, 1.82) is 0 Å². The van der Waals surface area contributed by atoms with Gasteiger partial charge in [-0.05, 0) is 54.7 Å². The molecule has 0 aromatic heterocycles. The van der Waals surface area contributed by atoms with Crippen LogP contribution in [-0.4, -0.2) is 19.5 Å². The molecule has 0 aliphatic heterocycles. The number of hydrogen-bond donors (Lipinski definition) is 2. The second kappa shape index (κ2) is 5.66. The summed E-state index contributed by atoms with van der Waals surface area (Å²) >= 11 is 0. The summed E-state index contributed by atoms with van der Waals surface area (Å²) in [5, 5.41) is 9.07. The maximum atomic E-state index is 13.6. The number of carboxylic acids is 1. The molecule has 0 heterocycles. The van der Waals surface area contributed by atoms with Crippen molar-refractivity contribution in [3.05, 3.63) is 58.9 Å². The van der Waals surface area contributed by atoms with Crippen molar-refractivity contribution >= 4 is 21.7 Å². The second-order valence-corrected chi connectivity index (χ2v) is 7.04. The minimum Gasteiger partial charge on any atom is -0.478 e. The van der Waals surface area contributed by atoms with Crippen LogP contribution >= 0.6 is 0 Å². The van der Waals surface area contributed by atoms with E-state index in [2.05, 4.69) is 4.72 Å². The van der Waals surface area contributed by atoms with Crippen LogP contribution < -0.4 is 4.72 Å². The van der Waals surface area contributed by atoms with Crippen LogP contribution in [0.1, 0.15) is 27.9 Å². The third-order valence-corrected chi connectivity index (χ3v) is 5.22. The zero-order valence-corrected chi connectivity index (χ0v) is 12.9. The summed E-state index contributed by atoms with van der Waals surface area (Å²) in [5.41, 5.74) is 1.11. The molecule has 1 aliphatic rings. The summed E-state index contributed by atoms with van der Waals surface area (Å²) in [7, 11) is -3.99. The Morgan fingerprint density at radius 1 is 1.13 bits per heavy atom. The van der Waals surface area contributed by atoms with E-state index in [4.69, 9.17) is 5.11 Å². The van der Waals surface area contributed by atoms with Crippen molar-refractivity contribution in [3.8, 4) is 0 Å². The van der Waals surface area contributed by atoms with E-state index in [9.17, 15) is 17.6 Å². The van der Waals surface area contributed by atoms with Gasteiger partial charge in [0.05, 0.1) is 10.6 Å². The normalized spacial score (nSPS) is 13.6. The quantitative estimate of drug-likeness (QED) is 0.900. The highest BCUT2D eigenvalue weighted by Gasteiger charge is 2.22. The number of nitrogens with one attached hydrogen (secondary N) is 1. The predicted molar refractivity (Wildman–Crippen MR) is 82.6 cm³/mol. The Morgan fingerprint density at radius 3 is 2.61 bits per heavy atom. The lowest BCUT2D eigenvalue weighted by Crippen LogP contribution is -2.16. The Kier molecular flexibility index (Phi) is 3.81. The van der Waals surface area contributed by atoms with Crippen LogP contribution in [-0.2, 0) is 22.9 Å². The molecule has 0 atom stereocenters. The molecule has 0 spiro atoms. The molecule has 0 saturated heterocycles. The number of rotatable bonds is 4. The summed E-state index contributed by atoms with van der Waals surface area (Å²) < 4.78 is 40.7. The molecule has 0 bridgehead atoms. The van der Waals surface area contributed by atoms with Crippen LogP contribution in [0, 0.1) is 5.82 Å². The summed E-state index contributed by atoms with van der Waals surface area (Å²) in [6.45, 7) is 0. The van der Waals surface area contributed by atoms with Gasteiger partial charge in [0, 0.05) is 0 Å². The zero-order valence-electron chi connectivity index (χ0n) is 12.0. The molecule has 2 aromatic carbocycles. The van der Waals surface area contributed by atoms with Gasteiger partial charge in [0.15, 0.2) is 0 Å². The molecule has 7 heteroatoms. The van der Waals surface area contributed by atoms with Gasteiger partial charge in [-0.15, -0.1) is 0 Å². The fraction of sp³-hybridized carbons (Fsp3) is 0.188. The molecule has 23 heavy (non-hydrogen) atoms. The van der Waals surface area contributed by atoms with E-state index in [0.717, 1.165) is 36.5 Å². The van der Waals surface area contributed by atoms with E-state index in [0.29, 0.717) is 0 Å². The van der Waals surface area contributed by atoms with E-state index >= 15 is 0 Å². The minimum atomic E-state index is -3.99. The molecule has 3 rings (SSSR count). The smallest absolute Gasteiger partial charge is 0.340 e. The molecule has 0 saturated carbocycles. The lowest BCUT2D eigenvalue weighted by Gasteiger charge is -2.12. The maximum Gasteiger partial charge on any atom is 0.340 e. The van der Waals surface area contributed by atoms with Crippen LogP contribution in [0.3, 0.4) is 0 Å². The first kappa shape index (κ1) is 15.5. The second-order valence-electron chi connectivity index (χ2n) is 5.36. The topological polar surface area (TPSA) is 83.5 Å². The molecule has 5 nitrogen and oxygen atoms in total.